The molecule has 2 heterocycles. The average Bonchev–Trinajstić information content (AvgIpc) is 2.89. The third kappa shape index (κ3) is 6.06. The minimum atomic E-state index is 0. The van der Waals surface area contributed by atoms with Gasteiger partial charge in [0.1, 0.15) is 0 Å². The second-order valence-corrected chi connectivity index (χ2v) is 4.16. The summed E-state index contributed by atoms with van der Waals surface area (Å²) in [5.41, 5.74) is 1.04. The van der Waals surface area contributed by atoms with Crippen molar-refractivity contribution in [3.05, 3.63) is 41.8 Å². The first-order valence-corrected chi connectivity index (χ1v) is 6.41. The van der Waals surface area contributed by atoms with Crippen molar-refractivity contribution >= 4 is 29.9 Å². The second kappa shape index (κ2) is 9.27. The molecule has 0 unspecified atom stereocenters. The number of hydrogen-bond acceptors (Lipinski definition) is 5. The molecule has 0 aliphatic rings. The molecule has 7 nitrogen and oxygen atoms in total. The Hall–Kier alpha value is -1.71. The zero-order chi connectivity index (χ0) is 14.2. The summed E-state index contributed by atoms with van der Waals surface area (Å²) in [5, 5.41) is 10.0. The number of guanidine groups is 1. The SMILES string of the molecule is CN=C(NCCc1ccccn1)NCc1nc(C)no1.I. The van der Waals surface area contributed by atoms with Crippen molar-refractivity contribution in [1.82, 2.24) is 25.8 Å². The maximum absolute atomic E-state index is 5.02. The molecule has 0 bridgehead atoms. The summed E-state index contributed by atoms with van der Waals surface area (Å²) in [5.74, 6) is 1.85. The van der Waals surface area contributed by atoms with Gasteiger partial charge in [-0.1, -0.05) is 11.2 Å². The molecule has 0 aliphatic heterocycles. The van der Waals surface area contributed by atoms with Crippen LogP contribution in [0.25, 0.3) is 0 Å². The molecular weight excluding hydrogens is 383 g/mol. The van der Waals surface area contributed by atoms with Gasteiger partial charge in [0.05, 0.1) is 6.54 Å². The first-order chi connectivity index (χ1) is 9.78. The van der Waals surface area contributed by atoms with Crippen LogP contribution in [0.15, 0.2) is 33.9 Å². The summed E-state index contributed by atoms with van der Waals surface area (Å²) < 4.78 is 5.02. The van der Waals surface area contributed by atoms with Gasteiger partial charge in [0, 0.05) is 31.9 Å². The Morgan fingerprint density at radius 1 is 1.33 bits per heavy atom. The van der Waals surface area contributed by atoms with Crippen molar-refractivity contribution in [2.45, 2.75) is 19.9 Å². The average molecular weight is 402 g/mol. The van der Waals surface area contributed by atoms with E-state index in [0.717, 1.165) is 18.7 Å². The van der Waals surface area contributed by atoms with Gasteiger partial charge in [-0.25, -0.2) is 0 Å². The molecule has 0 atom stereocenters. The van der Waals surface area contributed by atoms with E-state index in [1.54, 1.807) is 20.2 Å². The molecule has 2 aromatic heterocycles. The Bertz CT molecular complexity index is 557. The highest BCUT2D eigenvalue weighted by atomic mass is 127. The first-order valence-electron chi connectivity index (χ1n) is 6.41. The Morgan fingerprint density at radius 3 is 2.81 bits per heavy atom. The molecule has 2 N–H and O–H groups in total. The van der Waals surface area contributed by atoms with E-state index in [1.807, 2.05) is 18.2 Å². The van der Waals surface area contributed by atoms with Gasteiger partial charge in [-0.2, -0.15) is 4.98 Å². The highest BCUT2D eigenvalue weighted by Gasteiger charge is 2.04. The van der Waals surface area contributed by atoms with E-state index in [4.69, 9.17) is 4.52 Å². The van der Waals surface area contributed by atoms with Crippen LogP contribution in [-0.4, -0.2) is 34.7 Å². The Labute approximate surface area is 140 Å². The smallest absolute Gasteiger partial charge is 0.246 e. The van der Waals surface area contributed by atoms with Gasteiger partial charge in [-0.15, -0.1) is 24.0 Å². The topological polar surface area (TPSA) is 88.2 Å². The minimum absolute atomic E-state index is 0. The van der Waals surface area contributed by atoms with Crippen LogP contribution in [-0.2, 0) is 13.0 Å². The fourth-order valence-electron chi connectivity index (χ4n) is 1.65. The number of nitrogens with zero attached hydrogens (tertiary/aromatic N) is 4. The van der Waals surface area contributed by atoms with E-state index >= 15 is 0 Å². The van der Waals surface area contributed by atoms with Crippen LogP contribution in [0, 0.1) is 6.92 Å². The van der Waals surface area contributed by atoms with E-state index in [9.17, 15) is 0 Å². The number of halogens is 1. The molecule has 8 heteroatoms. The highest BCUT2D eigenvalue weighted by Crippen LogP contribution is 1.95. The van der Waals surface area contributed by atoms with Gasteiger partial charge >= 0.3 is 0 Å². The van der Waals surface area contributed by atoms with E-state index in [-0.39, 0.29) is 24.0 Å². The third-order valence-electron chi connectivity index (χ3n) is 2.60. The summed E-state index contributed by atoms with van der Waals surface area (Å²) in [6.07, 6.45) is 2.63. The lowest BCUT2D eigenvalue weighted by Gasteiger charge is -2.09. The number of aromatic nitrogens is 3. The van der Waals surface area contributed by atoms with E-state index in [1.165, 1.54) is 0 Å². The van der Waals surface area contributed by atoms with Crippen LogP contribution in [0.5, 0.6) is 0 Å². The molecule has 114 valence electrons. The number of pyridine rings is 1. The molecule has 0 amide bonds. The van der Waals surface area contributed by atoms with Crippen LogP contribution < -0.4 is 10.6 Å². The van der Waals surface area contributed by atoms with Gasteiger partial charge in [0.25, 0.3) is 0 Å². The van der Waals surface area contributed by atoms with E-state index in [0.29, 0.717) is 24.2 Å². The lowest BCUT2D eigenvalue weighted by molar-refractivity contribution is 0.371. The fourth-order valence-corrected chi connectivity index (χ4v) is 1.65. The Morgan fingerprint density at radius 2 is 2.19 bits per heavy atom. The number of aliphatic imine (C=N–C) groups is 1. The normalized spacial score (nSPS) is 10.9. The third-order valence-corrected chi connectivity index (χ3v) is 2.60. The highest BCUT2D eigenvalue weighted by molar-refractivity contribution is 14.0. The summed E-state index contributed by atoms with van der Waals surface area (Å²) in [7, 11) is 1.72. The number of aryl methyl sites for hydroxylation is 1. The zero-order valence-electron chi connectivity index (χ0n) is 12.0. The molecular formula is C13H19IN6O. The van der Waals surface area contributed by atoms with Crippen LogP contribution in [0.4, 0.5) is 0 Å². The van der Waals surface area contributed by atoms with Crippen LogP contribution in [0.2, 0.25) is 0 Å². The molecule has 0 spiro atoms. The van der Waals surface area contributed by atoms with Crippen LogP contribution in [0.1, 0.15) is 17.4 Å². The number of rotatable bonds is 5. The Balaban J connectivity index is 0.00000220. The predicted molar refractivity (Wildman–Crippen MR) is 90.6 cm³/mol. The maximum Gasteiger partial charge on any atom is 0.246 e. The first kappa shape index (κ1) is 17.3. The number of nitrogens with one attached hydrogen (secondary N) is 2. The molecule has 2 aromatic rings. The van der Waals surface area contributed by atoms with Crippen LogP contribution >= 0.6 is 24.0 Å². The lowest BCUT2D eigenvalue weighted by Crippen LogP contribution is -2.38. The lowest BCUT2D eigenvalue weighted by atomic mass is 10.3. The van der Waals surface area contributed by atoms with Crippen molar-refractivity contribution in [2.24, 2.45) is 4.99 Å². The molecule has 2 rings (SSSR count). The van der Waals surface area contributed by atoms with Crippen molar-refractivity contribution < 1.29 is 4.52 Å². The van der Waals surface area contributed by atoms with Gasteiger partial charge in [-0.05, 0) is 19.1 Å². The zero-order valence-corrected chi connectivity index (χ0v) is 14.4. The van der Waals surface area contributed by atoms with Gasteiger partial charge in [-0.3, -0.25) is 9.98 Å². The molecule has 0 radical (unpaired) electrons. The second-order valence-electron chi connectivity index (χ2n) is 4.16. The van der Waals surface area contributed by atoms with Gasteiger partial charge in [0.15, 0.2) is 11.8 Å². The monoisotopic (exact) mass is 402 g/mol. The van der Waals surface area contributed by atoms with Crippen molar-refractivity contribution in [3.63, 3.8) is 0 Å². The van der Waals surface area contributed by atoms with Gasteiger partial charge < -0.3 is 15.2 Å². The summed E-state index contributed by atoms with van der Waals surface area (Å²) >= 11 is 0. The number of hydrogen-bond donors (Lipinski definition) is 2. The minimum Gasteiger partial charge on any atom is -0.356 e. The molecule has 0 aliphatic carbocycles. The van der Waals surface area contributed by atoms with Crippen molar-refractivity contribution in [3.8, 4) is 0 Å². The van der Waals surface area contributed by atoms with Crippen molar-refractivity contribution in [2.75, 3.05) is 13.6 Å². The molecule has 0 saturated carbocycles. The predicted octanol–water partition coefficient (Wildman–Crippen LogP) is 1.30. The van der Waals surface area contributed by atoms with E-state index < -0.39 is 0 Å². The largest absolute Gasteiger partial charge is 0.356 e. The van der Waals surface area contributed by atoms with E-state index in [2.05, 4.69) is 30.8 Å². The standard InChI is InChI=1S/C13H18N6O.HI/c1-10-18-12(20-19-10)9-17-13(14-2)16-8-6-11-5-3-4-7-15-11;/h3-5,7H,6,8-9H2,1-2H3,(H2,14,16,17);1H. The van der Waals surface area contributed by atoms with Crippen LogP contribution in [0.3, 0.4) is 0 Å². The molecule has 0 fully saturated rings. The molecule has 0 saturated heterocycles. The quantitative estimate of drug-likeness (QED) is 0.446. The van der Waals surface area contributed by atoms with Gasteiger partial charge in [0.2, 0.25) is 5.89 Å². The summed E-state index contributed by atoms with van der Waals surface area (Å²) in [6.45, 7) is 2.98. The summed E-state index contributed by atoms with van der Waals surface area (Å²) in [6, 6.07) is 5.89. The molecule has 0 aromatic carbocycles. The summed E-state index contributed by atoms with van der Waals surface area (Å²) in [4.78, 5) is 12.5. The Kier molecular flexibility index (Phi) is 7.65. The maximum atomic E-state index is 5.02. The fraction of sp³-hybridized carbons (Fsp3) is 0.385. The molecule has 21 heavy (non-hydrogen) atoms. The van der Waals surface area contributed by atoms with Crippen molar-refractivity contribution in [1.29, 1.82) is 0 Å².